The molecule has 0 saturated heterocycles. The van der Waals surface area contributed by atoms with Crippen molar-refractivity contribution < 1.29 is 4.74 Å². The van der Waals surface area contributed by atoms with E-state index in [2.05, 4.69) is 15.2 Å². The Morgan fingerprint density at radius 1 is 0.929 bits per heavy atom. The van der Waals surface area contributed by atoms with Crippen molar-refractivity contribution in [2.45, 2.75) is 6.61 Å². The molecule has 28 heavy (non-hydrogen) atoms. The van der Waals surface area contributed by atoms with E-state index < -0.39 is 0 Å². The number of nitrogens with zero attached hydrogens (tertiary/aromatic N) is 5. The van der Waals surface area contributed by atoms with E-state index in [1.807, 2.05) is 72.1 Å². The Bertz CT molecular complexity index is 1200. The summed E-state index contributed by atoms with van der Waals surface area (Å²) in [6.07, 6.45) is 1.75. The lowest BCUT2D eigenvalue weighted by molar-refractivity contribution is 0.286. The van der Waals surface area contributed by atoms with Gasteiger partial charge in [-0.3, -0.25) is 4.98 Å². The molecule has 0 aliphatic carbocycles. The quantitative estimate of drug-likeness (QED) is 0.446. The van der Waals surface area contributed by atoms with Crippen molar-refractivity contribution >= 4 is 17.0 Å². The van der Waals surface area contributed by atoms with Crippen LogP contribution in [0.4, 0.5) is 0 Å². The van der Waals surface area contributed by atoms with Crippen molar-refractivity contribution in [3.05, 3.63) is 84.0 Å². The lowest BCUT2D eigenvalue weighted by atomic mass is 10.2. The molecule has 1 aromatic carbocycles. The maximum Gasteiger partial charge on any atom is 0.241 e. The van der Waals surface area contributed by atoms with Gasteiger partial charge in [0.25, 0.3) is 0 Å². The summed E-state index contributed by atoms with van der Waals surface area (Å²) < 4.78 is 7.79. The number of aromatic nitrogens is 5. The van der Waals surface area contributed by atoms with Gasteiger partial charge in [0.05, 0.1) is 11.3 Å². The fraction of sp³-hybridized carbons (Fsp3) is 0.0476. The Kier molecular flexibility index (Phi) is 4.27. The molecular weight excluding hydrogens is 370 g/mol. The average molecular weight is 385 g/mol. The lowest BCUT2D eigenvalue weighted by Gasteiger charge is -2.10. The van der Waals surface area contributed by atoms with Gasteiger partial charge in [0.15, 0.2) is 11.5 Å². The highest BCUT2D eigenvalue weighted by atomic mass is 32.1. The zero-order valence-corrected chi connectivity index (χ0v) is 15.6. The second-order valence-electron chi connectivity index (χ2n) is 6.11. The van der Waals surface area contributed by atoms with E-state index in [1.165, 1.54) is 0 Å². The molecule has 136 valence electrons. The van der Waals surface area contributed by atoms with Crippen LogP contribution in [0.15, 0.2) is 78.3 Å². The summed E-state index contributed by atoms with van der Waals surface area (Å²) in [4.78, 5) is 5.39. The van der Waals surface area contributed by atoms with E-state index in [0.717, 1.165) is 21.7 Å². The highest BCUT2D eigenvalue weighted by Gasteiger charge is 2.16. The standard InChI is InChI=1S/C21H15N5OS/c1-2-7-15(8-3-1)20-24-23-19-13-17(18-10-6-12-28-18)21(25-26(19)20)27-14-16-9-4-5-11-22-16/h1-13H,14H2. The van der Waals surface area contributed by atoms with Gasteiger partial charge in [-0.25, -0.2) is 0 Å². The molecule has 6 nitrogen and oxygen atoms in total. The maximum absolute atomic E-state index is 6.07. The molecule has 5 aromatic rings. The number of benzene rings is 1. The van der Waals surface area contributed by atoms with Crippen LogP contribution in [0.1, 0.15) is 5.69 Å². The summed E-state index contributed by atoms with van der Waals surface area (Å²) in [6, 6.07) is 21.6. The van der Waals surface area contributed by atoms with Crippen molar-refractivity contribution in [3.8, 4) is 27.7 Å². The molecule has 7 heteroatoms. The van der Waals surface area contributed by atoms with Crippen LogP contribution < -0.4 is 4.74 Å². The van der Waals surface area contributed by atoms with Crippen molar-refractivity contribution in [1.29, 1.82) is 0 Å². The monoisotopic (exact) mass is 385 g/mol. The molecule has 0 aliphatic rings. The van der Waals surface area contributed by atoms with Gasteiger partial charge in [0.1, 0.15) is 6.61 Å². The molecule has 0 amide bonds. The maximum atomic E-state index is 6.07. The third kappa shape index (κ3) is 3.12. The van der Waals surface area contributed by atoms with Gasteiger partial charge < -0.3 is 4.74 Å². The first-order valence-electron chi connectivity index (χ1n) is 8.77. The third-order valence-electron chi connectivity index (χ3n) is 4.26. The van der Waals surface area contributed by atoms with E-state index in [4.69, 9.17) is 9.84 Å². The Hall–Kier alpha value is -3.58. The van der Waals surface area contributed by atoms with Crippen LogP contribution in [0.2, 0.25) is 0 Å². The van der Waals surface area contributed by atoms with Gasteiger partial charge in [-0.15, -0.1) is 26.6 Å². The number of pyridine rings is 1. The summed E-state index contributed by atoms with van der Waals surface area (Å²) in [5.74, 6) is 1.20. The van der Waals surface area contributed by atoms with Gasteiger partial charge in [-0.05, 0) is 29.6 Å². The van der Waals surface area contributed by atoms with Gasteiger partial charge in [-0.2, -0.15) is 4.52 Å². The Morgan fingerprint density at radius 2 is 1.82 bits per heavy atom. The fourth-order valence-electron chi connectivity index (χ4n) is 2.92. The molecule has 0 spiro atoms. The van der Waals surface area contributed by atoms with Crippen LogP contribution in [-0.2, 0) is 6.61 Å². The second kappa shape index (κ2) is 7.21. The normalized spacial score (nSPS) is 11.0. The van der Waals surface area contributed by atoms with Crippen molar-refractivity contribution in [2.24, 2.45) is 0 Å². The van der Waals surface area contributed by atoms with E-state index >= 15 is 0 Å². The minimum Gasteiger partial charge on any atom is -0.470 e. The zero-order chi connectivity index (χ0) is 18.8. The predicted octanol–water partition coefficient (Wildman–Crippen LogP) is 4.49. The van der Waals surface area contributed by atoms with Crippen LogP contribution in [-0.4, -0.2) is 24.8 Å². The summed E-state index contributed by atoms with van der Waals surface area (Å²) in [6.45, 7) is 0.334. The molecule has 0 bridgehead atoms. The van der Waals surface area contributed by atoms with Crippen LogP contribution in [0, 0.1) is 0 Å². The van der Waals surface area contributed by atoms with Crippen molar-refractivity contribution in [1.82, 2.24) is 24.8 Å². The largest absolute Gasteiger partial charge is 0.470 e. The van der Waals surface area contributed by atoms with Crippen molar-refractivity contribution in [2.75, 3.05) is 0 Å². The molecule has 0 atom stereocenters. The number of hydrogen-bond acceptors (Lipinski definition) is 6. The molecule has 5 rings (SSSR count). The Labute approximate surface area is 165 Å². The number of thiophene rings is 1. The molecule has 0 fully saturated rings. The van der Waals surface area contributed by atoms with Crippen LogP contribution in [0.25, 0.3) is 27.5 Å². The molecule has 0 saturated carbocycles. The van der Waals surface area contributed by atoms with E-state index in [9.17, 15) is 0 Å². The van der Waals surface area contributed by atoms with E-state index in [0.29, 0.717) is 24.0 Å². The minimum absolute atomic E-state index is 0.334. The minimum atomic E-state index is 0.334. The number of rotatable bonds is 5. The SMILES string of the molecule is c1ccc(-c2nnc3cc(-c4cccs4)c(OCc4ccccn4)nn23)cc1. The number of fused-ring (bicyclic) bond motifs is 1. The summed E-state index contributed by atoms with van der Waals surface area (Å²) in [5, 5.41) is 15.4. The molecule has 4 heterocycles. The topological polar surface area (TPSA) is 65.2 Å². The fourth-order valence-corrected chi connectivity index (χ4v) is 3.66. The second-order valence-corrected chi connectivity index (χ2v) is 7.06. The van der Waals surface area contributed by atoms with Gasteiger partial charge in [0, 0.05) is 16.6 Å². The van der Waals surface area contributed by atoms with Gasteiger partial charge in [0.2, 0.25) is 5.88 Å². The first kappa shape index (κ1) is 16.6. The van der Waals surface area contributed by atoms with Crippen LogP contribution in [0.3, 0.4) is 0 Å². The van der Waals surface area contributed by atoms with Gasteiger partial charge >= 0.3 is 0 Å². The average Bonchev–Trinajstić information content (AvgIpc) is 3.43. The molecular formula is C21H15N5OS. The first-order chi connectivity index (χ1) is 13.9. The zero-order valence-electron chi connectivity index (χ0n) is 14.8. The van der Waals surface area contributed by atoms with E-state index in [-0.39, 0.29) is 0 Å². The first-order valence-corrected chi connectivity index (χ1v) is 9.65. The highest BCUT2D eigenvalue weighted by Crippen LogP contribution is 2.33. The summed E-state index contributed by atoms with van der Waals surface area (Å²) in [5.41, 5.74) is 3.36. The lowest BCUT2D eigenvalue weighted by Crippen LogP contribution is -2.04. The molecule has 0 N–H and O–H groups in total. The molecule has 0 aliphatic heterocycles. The van der Waals surface area contributed by atoms with Crippen LogP contribution in [0.5, 0.6) is 5.88 Å². The predicted molar refractivity (Wildman–Crippen MR) is 108 cm³/mol. The smallest absolute Gasteiger partial charge is 0.241 e. The number of ether oxygens (including phenoxy) is 1. The summed E-state index contributed by atoms with van der Waals surface area (Å²) in [7, 11) is 0. The van der Waals surface area contributed by atoms with Gasteiger partial charge in [-0.1, -0.05) is 42.5 Å². The number of hydrogen-bond donors (Lipinski definition) is 0. The van der Waals surface area contributed by atoms with Crippen molar-refractivity contribution in [3.63, 3.8) is 0 Å². The third-order valence-corrected chi connectivity index (χ3v) is 5.16. The summed E-state index contributed by atoms with van der Waals surface area (Å²) >= 11 is 1.63. The Balaban J connectivity index is 1.61. The van der Waals surface area contributed by atoms with Crippen LogP contribution >= 0.6 is 11.3 Å². The molecule has 0 unspecified atom stereocenters. The molecule has 4 aromatic heterocycles. The highest BCUT2D eigenvalue weighted by molar-refractivity contribution is 7.13. The van der Waals surface area contributed by atoms with E-state index in [1.54, 1.807) is 22.0 Å². The molecule has 0 radical (unpaired) electrons. The Morgan fingerprint density at radius 3 is 2.61 bits per heavy atom.